The Kier molecular flexibility index (Phi) is 3.88. The molecule has 4 nitrogen and oxygen atoms in total. The minimum atomic E-state index is -0.277. The van der Waals surface area contributed by atoms with Crippen LogP contribution in [0.1, 0.15) is 49.7 Å². The highest BCUT2D eigenvalue weighted by Gasteiger charge is 2.19. The van der Waals surface area contributed by atoms with Crippen molar-refractivity contribution in [3.63, 3.8) is 0 Å². The molecule has 0 fully saturated rings. The molecule has 0 spiro atoms. The van der Waals surface area contributed by atoms with Crippen LogP contribution < -0.4 is 0 Å². The Labute approximate surface area is 90.2 Å². The second-order valence-electron chi connectivity index (χ2n) is 3.66. The molecule has 0 aromatic carbocycles. The zero-order chi connectivity index (χ0) is 11.4. The molecule has 1 heterocycles. The quantitative estimate of drug-likeness (QED) is 0.715. The van der Waals surface area contributed by atoms with Crippen molar-refractivity contribution >= 4 is 5.97 Å². The lowest BCUT2D eigenvalue weighted by Gasteiger charge is -2.03. The van der Waals surface area contributed by atoms with Crippen molar-refractivity contribution in [2.75, 3.05) is 6.61 Å². The van der Waals surface area contributed by atoms with E-state index in [1.807, 2.05) is 20.8 Å². The first-order chi connectivity index (χ1) is 7.10. The van der Waals surface area contributed by atoms with E-state index in [0.29, 0.717) is 12.2 Å². The molecular formula is C11H18N2O2. The van der Waals surface area contributed by atoms with Crippen LogP contribution >= 0.6 is 0 Å². The summed E-state index contributed by atoms with van der Waals surface area (Å²) >= 11 is 0. The zero-order valence-corrected chi connectivity index (χ0v) is 9.78. The van der Waals surface area contributed by atoms with Gasteiger partial charge in [0.05, 0.1) is 12.3 Å². The van der Waals surface area contributed by atoms with E-state index in [1.165, 1.54) is 0 Å². The monoisotopic (exact) mass is 210 g/mol. The molecule has 0 aliphatic heterocycles. The summed E-state index contributed by atoms with van der Waals surface area (Å²) in [5, 5.41) is 4.35. The minimum absolute atomic E-state index is 0.234. The van der Waals surface area contributed by atoms with Crippen molar-refractivity contribution in [3.05, 3.63) is 17.5 Å². The Bertz CT molecular complexity index is 342. The molecule has 0 saturated carbocycles. The average Bonchev–Trinajstić information content (AvgIpc) is 2.61. The first kappa shape index (κ1) is 11.8. The normalized spacial score (nSPS) is 10.7. The molecule has 15 heavy (non-hydrogen) atoms. The molecule has 4 heteroatoms. The van der Waals surface area contributed by atoms with Crippen molar-refractivity contribution in [1.82, 2.24) is 9.78 Å². The van der Waals surface area contributed by atoms with Gasteiger partial charge in [0, 0.05) is 12.7 Å². The second-order valence-corrected chi connectivity index (χ2v) is 3.66. The van der Waals surface area contributed by atoms with Gasteiger partial charge in [-0.1, -0.05) is 13.8 Å². The highest BCUT2D eigenvalue weighted by molar-refractivity contribution is 5.90. The van der Waals surface area contributed by atoms with Gasteiger partial charge in [-0.25, -0.2) is 4.79 Å². The molecule has 1 aromatic rings. The van der Waals surface area contributed by atoms with Gasteiger partial charge in [0.1, 0.15) is 5.56 Å². The number of nitrogens with zero attached hydrogens (tertiary/aromatic N) is 2. The van der Waals surface area contributed by atoms with Crippen LogP contribution in [0.15, 0.2) is 6.20 Å². The SMILES string of the molecule is CCOC(=O)c1cn(CC)nc1C(C)C. The molecule has 1 rings (SSSR count). The van der Waals surface area contributed by atoms with Gasteiger partial charge in [0.15, 0.2) is 0 Å². The Hall–Kier alpha value is -1.32. The third kappa shape index (κ3) is 2.58. The van der Waals surface area contributed by atoms with Crippen LogP contribution in [0.4, 0.5) is 0 Å². The van der Waals surface area contributed by atoms with E-state index in [-0.39, 0.29) is 11.9 Å². The standard InChI is InChI=1S/C11H18N2O2/c1-5-13-7-9(11(14)15-6-2)10(12-13)8(3)4/h7-8H,5-6H2,1-4H3. The minimum Gasteiger partial charge on any atom is -0.462 e. The van der Waals surface area contributed by atoms with Gasteiger partial charge in [-0.3, -0.25) is 4.68 Å². The van der Waals surface area contributed by atoms with Crippen molar-refractivity contribution in [1.29, 1.82) is 0 Å². The van der Waals surface area contributed by atoms with Crippen LogP contribution in [-0.4, -0.2) is 22.4 Å². The van der Waals surface area contributed by atoms with Gasteiger partial charge < -0.3 is 4.74 Å². The summed E-state index contributed by atoms with van der Waals surface area (Å²) in [5.74, 6) is -0.0434. The van der Waals surface area contributed by atoms with Crippen molar-refractivity contribution in [2.45, 2.75) is 40.2 Å². The lowest BCUT2D eigenvalue weighted by atomic mass is 10.1. The van der Waals surface area contributed by atoms with E-state index >= 15 is 0 Å². The third-order valence-corrected chi connectivity index (χ3v) is 2.16. The first-order valence-electron chi connectivity index (χ1n) is 5.34. The highest BCUT2D eigenvalue weighted by atomic mass is 16.5. The molecular weight excluding hydrogens is 192 g/mol. The average molecular weight is 210 g/mol. The van der Waals surface area contributed by atoms with Gasteiger partial charge in [-0.15, -0.1) is 0 Å². The summed E-state index contributed by atoms with van der Waals surface area (Å²) in [6.07, 6.45) is 1.76. The molecule has 0 saturated heterocycles. The number of ether oxygens (including phenoxy) is 1. The Morgan fingerprint density at radius 2 is 2.20 bits per heavy atom. The van der Waals surface area contributed by atoms with Gasteiger partial charge in [0.25, 0.3) is 0 Å². The molecule has 0 aliphatic carbocycles. The lowest BCUT2D eigenvalue weighted by Crippen LogP contribution is -2.07. The molecule has 0 unspecified atom stereocenters. The first-order valence-corrected chi connectivity index (χ1v) is 5.34. The Balaban J connectivity index is 3.03. The predicted molar refractivity (Wildman–Crippen MR) is 57.9 cm³/mol. The Morgan fingerprint density at radius 3 is 2.67 bits per heavy atom. The largest absolute Gasteiger partial charge is 0.462 e. The molecule has 0 amide bonds. The summed E-state index contributed by atoms with van der Waals surface area (Å²) in [5.41, 5.74) is 1.41. The number of aromatic nitrogens is 2. The predicted octanol–water partition coefficient (Wildman–Crippen LogP) is 2.20. The zero-order valence-electron chi connectivity index (χ0n) is 9.78. The maximum Gasteiger partial charge on any atom is 0.341 e. The number of carbonyl (C=O) groups excluding carboxylic acids is 1. The lowest BCUT2D eigenvalue weighted by molar-refractivity contribution is 0.0524. The van der Waals surface area contributed by atoms with Crippen molar-refractivity contribution in [2.24, 2.45) is 0 Å². The van der Waals surface area contributed by atoms with Gasteiger partial charge in [-0.05, 0) is 19.8 Å². The molecule has 84 valence electrons. The smallest absolute Gasteiger partial charge is 0.341 e. The number of aryl methyl sites for hydroxylation is 1. The summed E-state index contributed by atoms with van der Waals surface area (Å²) in [4.78, 5) is 11.6. The topological polar surface area (TPSA) is 44.1 Å². The summed E-state index contributed by atoms with van der Waals surface area (Å²) in [6.45, 7) is 8.99. The van der Waals surface area contributed by atoms with Crippen LogP contribution in [0.3, 0.4) is 0 Å². The van der Waals surface area contributed by atoms with Crippen molar-refractivity contribution in [3.8, 4) is 0 Å². The fourth-order valence-corrected chi connectivity index (χ4v) is 1.39. The fraction of sp³-hybridized carbons (Fsp3) is 0.636. The fourth-order valence-electron chi connectivity index (χ4n) is 1.39. The van der Waals surface area contributed by atoms with Crippen LogP contribution in [-0.2, 0) is 11.3 Å². The number of rotatable bonds is 4. The third-order valence-electron chi connectivity index (χ3n) is 2.16. The van der Waals surface area contributed by atoms with E-state index in [1.54, 1.807) is 17.8 Å². The van der Waals surface area contributed by atoms with E-state index < -0.39 is 0 Å². The molecule has 1 aromatic heterocycles. The van der Waals surface area contributed by atoms with Crippen molar-refractivity contribution < 1.29 is 9.53 Å². The molecule has 0 aliphatic rings. The van der Waals surface area contributed by atoms with Crippen LogP contribution in [0.5, 0.6) is 0 Å². The van der Waals surface area contributed by atoms with Gasteiger partial charge in [0.2, 0.25) is 0 Å². The summed E-state index contributed by atoms with van der Waals surface area (Å²) in [7, 11) is 0. The van der Waals surface area contributed by atoms with Crippen LogP contribution in [0.2, 0.25) is 0 Å². The van der Waals surface area contributed by atoms with Crippen LogP contribution in [0, 0.1) is 0 Å². The maximum absolute atomic E-state index is 11.6. The number of hydrogen-bond acceptors (Lipinski definition) is 3. The van der Waals surface area contributed by atoms with Crippen LogP contribution in [0.25, 0.3) is 0 Å². The van der Waals surface area contributed by atoms with E-state index in [2.05, 4.69) is 5.10 Å². The molecule has 0 N–H and O–H groups in total. The van der Waals surface area contributed by atoms with E-state index in [9.17, 15) is 4.79 Å². The van der Waals surface area contributed by atoms with Gasteiger partial charge in [-0.2, -0.15) is 5.10 Å². The molecule has 0 radical (unpaired) electrons. The maximum atomic E-state index is 11.6. The van der Waals surface area contributed by atoms with Gasteiger partial charge >= 0.3 is 5.97 Å². The Morgan fingerprint density at radius 1 is 1.53 bits per heavy atom. The summed E-state index contributed by atoms with van der Waals surface area (Å²) < 4.78 is 6.75. The highest BCUT2D eigenvalue weighted by Crippen LogP contribution is 2.18. The molecule has 0 atom stereocenters. The number of carbonyl (C=O) groups is 1. The number of hydrogen-bond donors (Lipinski definition) is 0. The molecule has 0 bridgehead atoms. The second kappa shape index (κ2) is 4.96. The van der Waals surface area contributed by atoms with E-state index in [4.69, 9.17) is 4.74 Å². The number of esters is 1. The van der Waals surface area contributed by atoms with E-state index in [0.717, 1.165) is 12.2 Å². The summed E-state index contributed by atoms with van der Waals surface area (Å²) in [6, 6.07) is 0.